The fourth-order valence-corrected chi connectivity index (χ4v) is 3.62. The molecule has 0 aliphatic carbocycles. The first-order valence-electron chi connectivity index (χ1n) is 8.50. The monoisotopic (exact) mass is 366 g/mol. The normalized spacial score (nSPS) is 10.9. The van der Waals surface area contributed by atoms with E-state index < -0.39 is 0 Å². The van der Waals surface area contributed by atoms with Gasteiger partial charge >= 0.3 is 0 Å². The second-order valence-electron chi connectivity index (χ2n) is 6.57. The summed E-state index contributed by atoms with van der Waals surface area (Å²) in [6.07, 6.45) is 0. The summed E-state index contributed by atoms with van der Waals surface area (Å²) in [6, 6.07) is 13.4. The van der Waals surface area contributed by atoms with Crippen molar-refractivity contribution in [1.29, 1.82) is 0 Å². The molecule has 0 aliphatic heterocycles. The number of aromatic amines is 1. The van der Waals surface area contributed by atoms with Gasteiger partial charge in [-0.3, -0.25) is 9.59 Å². The molecule has 0 bridgehead atoms. The molecule has 0 spiro atoms. The molecule has 2 aromatic carbocycles. The van der Waals surface area contributed by atoms with Crippen molar-refractivity contribution in [2.45, 2.75) is 26.5 Å². The first kappa shape index (κ1) is 18.3. The van der Waals surface area contributed by atoms with E-state index in [-0.39, 0.29) is 11.3 Å². The number of hydrogen-bond donors (Lipinski definition) is 2. The van der Waals surface area contributed by atoms with Crippen molar-refractivity contribution >= 4 is 34.3 Å². The van der Waals surface area contributed by atoms with Crippen LogP contribution in [0.4, 0.5) is 5.69 Å². The zero-order chi connectivity index (χ0) is 18.7. The minimum Gasteiger partial charge on any atom is -0.357 e. The maximum atomic E-state index is 12.2. The van der Waals surface area contributed by atoms with Crippen molar-refractivity contribution in [3.05, 3.63) is 75.1 Å². The minimum atomic E-state index is -0.0410. The van der Waals surface area contributed by atoms with E-state index in [0.29, 0.717) is 16.9 Å². The van der Waals surface area contributed by atoms with Gasteiger partial charge in [0.2, 0.25) is 5.91 Å². The summed E-state index contributed by atoms with van der Waals surface area (Å²) in [4.78, 5) is 27.7. The molecule has 0 aliphatic rings. The Kier molecular flexibility index (Phi) is 5.47. The van der Waals surface area contributed by atoms with E-state index in [0.717, 1.165) is 28.0 Å². The Hall–Kier alpha value is -2.53. The number of fused-ring (bicyclic) bond motifs is 1. The summed E-state index contributed by atoms with van der Waals surface area (Å²) < 4.78 is 0. The Morgan fingerprint density at radius 1 is 1.04 bits per heavy atom. The van der Waals surface area contributed by atoms with Crippen molar-refractivity contribution in [2.24, 2.45) is 0 Å². The molecule has 0 saturated carbocycles. The zero-order valence-corrected chi connectivity index (χ0v) is 16.0. The van der Waals surface area contributed by atoms with Crippen LogP contribution in [0.5, 0.6) is 0 Å². The maximum Gasteiger partial charge on any atom is 0.234 e. The van der Waals surface area contributed by atoms with Crippen LogP contribution in [0.25, 0.3) is 10.9 Å². The summed E-state index contributed by atoms with van der Waals surface area (Å²) in [5.41, 5.74) is 5.80. The number of benzene rings is 2. The molecular weight excluding hydrogens is 344 g/mol. The molecule has 0 atom stereocenters. The molecule has 4 nitrogen and oxygen atoms in total. The first-order chi connectivity index (χ1) is 12.4. The standard InChI is InChI=1S/C21H22N2O2S/c1-13-4-6-18(15(3)8-13)23-21(25)12-26-11-16-10-20(24)17-9-14(2)5-7-19(17)22-16/h4-10H,11-12H2,1-3H3,(H,22,24)(H,23,25). The number of carbonyl (C=O) groups excluding carboxylic acids is 1. The molecule has 0 unspecified atom stereocenters. The van der Waals surface area contributed by atoms with Crippen molar-refractivity contribution in [3.8, 4) is 0 Å². The molecule has 0 fully saturated rings. The molecule has 3 rings (SSSR count). The summed E-state index contributed by atoms with van der Waals surface area (Å²) in [5.74, 6) is 0.876. The van der Waals surface area contributed by atoms with Crippen molar-refractivity contribution in [1.82, 2.24) is 4.98 Å². The Morgan fingerprint density at radius 3 is 2.54 bits per heavy atom. The van der Waals surface area contributed by atoms with Crippen LogP contribution in [0.1, 0.15) is 22.4 Å². The fourth-order valence-electron chi connectivity index (χ4n) is 2.89. The van der Waals surface area contributed by atoms with Gasteiger partial charge in [-0.1, -0.05) is 29.3 Å². The molecular formula is C21H22N2O2S. The van der Waals surface area contributed by atoms with Crippen LogP contribution < -0.4 is 10.7 Å². The molecule has 3 aromatic rings. The lowest BCUT2D eigenvalue weighted by atomic mass is 10.1. The number of pyridine rings is 1. The fraction of sp³-hybridized carbons (Fsp3) is 0.238. The quantitative estimate of drug-likeness (QED) is 0.707. The SMILES string of the molecule is Cc1ccc(NC(=O)CSCc2cc(=O)c3cc(C)ccc3[nH]2)c(C)c1. The van der Waals surface area contributed by atoms with E-state index in [9.17, 15) is 9.59 Å². The van der Waals surface area contributed by atoms with Crippen LogP contribution in [0.15, 0.2) is 47.3 Å². The summed E-state index contributed by atoms with van der Waals surface area (Å²) in [6.45, 7) is 5.98. The predicted molar refractivity (Wildman–Crippen MR) is 110 cm³/mol. The number of nitrogens with one attached hydrogen (secondary N) is 2. The number of amides is 1. The van der Waals surface area contributed by atoms with Gasteiger partial charge in [-0.25, -0.2) is 0 Å². The number of aromatic nitrogens is 1. The summed E-state index contributed by atoms with van der Waals surface area (Å²) in [7, 11) is 0. The molecule has 0 radical (unpaired) electrons. The van der Waals surface area contributed by atoms with E-state index in [1.165, 1.54) is 17.3 Å². The Labute approximate surface area is 157 Å². The molecule has 0 saturated heterocycles. The topological polar surface area (TPSA) is 62.0 Å². The van der Waals surface area contributed by atoms with E-state index in [1.807, 2.05) is 57.2 Å². The first-order valence-corrected chi connectivity index (χ1v) is 9.65. The van der Waals surface area contributed by atoms with E-state index in [2.05, 4.69) is 10.3 Å². The Morgan fingerprint density at radius 2 is 1.77 bits per heavy atom. The minimum absolute atomic E-state index is 0.0118. The number of anilines is 1. The van der Waals surface area contributed by atoms with Gasteiger partial charge in [-0.2, -0.15) is 0 Å². The summed E-state index contributed by atoms with van der Waals surface area (Å²) in [5, 5.41) is 3.64. The zero-order valence-electron chi connectivity index (χ0n) is 15.2. The third-order valence-corrected chi connectivity index (χ3v) is 5.17. The maximum absolute atomic E-state index is 12.2. The molecule has 5 heteroatoms. The Bertz CT molecular complexity index is 1020. The smallest absolute Gasteiger partial charge is 0.234 e. The Balaban J connectivity index is 1.61. The molecule has 1 heterocycles. The van der Waals surface area contributed by atoms with Gasteiger partial charge in [0, 0.05) is 34.1 Å². The van der Waals surface area contributed by atoms with Crippen LogP contribution in [0, 0.1) is 20.8 Å². The van der Waals surface area contributed by atoms with Gasteiger partial charge in [0.1, 0.15) is 0 Å². The molecule has 2 N–H and O–H groups in total. The lowest BCUT2D eigenvalue weighted by Gasteiger charge is -2.09. The highest BCUT2D eigenvalue weighted by atomic mass is 32.2. The van der Waals surface area contributed by atoms with Crippen LogP contribution in [0.3, 0.4) is 0 Å². The average molecular weight is 366 g/mol. The number of hydrogen-bond acceptors (Lipinski definition) is 3. The number of aryl methyl sites for hydroxylation is 3. The number of H-pyrrole nitrogens is 1. The van der Waals surface area contributed by atoms with Crippen LogP contribution in [-0.4, -0.2) is 16.6 Å². The van der Waals surface area contributed by atoms with Crippen molar-refractivity contribution < 1.29 is 4.79 Å². The van der Waals surface area contributed by atoms with Gasteiger partial charge in [0.05, 0.1) is 5.75 Å². The van der Waals surface area contributed by atoms with Gasteiger partial charge < -0.3 is 10.3 Å². The van der Waals surface area contributed by atoms with E-state index in [1.54, 1.807) is 6.07 Å². The largest absolute Gasteiger partial charge is 0.357 e. The third kappa shape index (κ3) is 4.35. The van der Waals surface area contributed by atoms with Crippen LogP contribution in [0.2, 0.25) is 0 Å². The van der Waals surface area contributed by atoms with Gasteiger partial charge in [-0.15, -0.1) is 11.8 Å². The highest BCUT2D eigenvalue weighted by Gasteiger charge is 2.07. The van der Waals surface area contributed by atoms with Crippen LogP contribution in [-0.2, 0) is 10.5 Å². The van der Waals surface area contributed by atoms with E-state index >= 15 is 0 Å². The average Bonchev–Trinajstić information content (AvgIpc) is 2.58. The number of thioether (sulfide) groups is 1. The number of rotatable bonds is 5. The van der Waals surface area contributed by atoms with Gasteiger partial charge in [0.15, 0.2) is 5.43 Å². The van der Waals surface area contributed by atoms with Crippen molar-refractivity contribution in [3.63, 3.8) is 0 Å². The second-order valence-corrected chi connectivity index (χ2v) is 7.55. The van der Waals surface area contributed by atoms with Gasteiger partial charge in [0.25, 0.3) is 0 Å². The molecule has 1 aromatic heterocycles. The van der Waals surface area contributed by atoms with Gasteiger partial charge in [-0.05, 0) is 44.5 Å². The second kappa shape index (κ2) is 7.79. The highest BCUT2D eigenvalue weighted by molar-refractivity contribution is 7.99. The molecule has 134 valence electrons. The lowest BCUT2D eigenvalue weighted by molar-refractivity contribution is -0.113. The lowest BCUT2D eigenvalue weighted by Crippen LogP contribution is -2.15. The van der Waals surface area contributed by atoms with Crippen LogP contribution >= 0.6 is 11.8 Å². The third-order valence-electron chi connectivity index (χ3n) is 4.19. The molecule has 1 amide bonds. The van der Waals surface area contributed by atoms with Crippen molar-refractivity contribution in [2.75, 3.05) is 11.1 Å². The highest BCUT2D eigenvalue weighted by Crippen LogP contribution is 2.18. The predicted octanol–water partition coefficient (Wildman–Crippen LogP) is 4.33. The number of carbonyl (C=O) groups is 1. The molecule has 26 heavy (non-hydrogen) atoms. The summed E-state index contributed by atoms with van der Waals surface area (Å²) >= 11 is 1.48. The van der Waals surface area contributed by atoms with E-state index in [4.69, 9.17) is 0 Å².